The quantitative estimate of drug-likeness (QED) is 0.516. The minimum atomic E-state index is -0.118. The number of aromatic nitrogens is 2. The van der Waals surface area contributed by atoms with E-state index in [0.717, 1.165) is 33.5 Å². The van der Waals surface area contributed by atoms with Crippen molar-refractivity contribution in [2.45, 2.75) is 13.5 Å². The highest BCUT2D eigenvalue weighted by atomic mass is 16.4. The second kappa shape index (κ2) is 7.43. The van der Waals surface area contributed by atoms with E-state index in [-0.39, 0.29) is 6.61 Å². The predicted molar refractivity (Wildman–Crippen MR) is 108 cm³/mol. The maximum atomic E-state index is 9.20. The highest BCUT2D eigenvalue weighted by Crippen LogP contribution is 2.29. The first-order valence-corrected chi connectivity index (χ1v) is 8.71. The van der Waals surface area contributed by atoms with Crippen molar-refractivity contribution in [3.8, 4) is 11.3 Å². The van der Waals surface area contributed by atoms with Gasteiger partial charge in [-0.2, -0.15) is 0 Å². The average molecular weight is 357 g/mol. The summed E-state index contributed by atoms with van der Waals surface area (Å²) in [5.41, 5.74) is 3.85. The number of rotatable bonds is 5. The van der Waals surface area contributed by atoms with E-state index in [1.54, 1.807) is 12.4 Å². The first-order chi connectivity index (χ1) is 13.3. The molecule has 0 atom stereocenters. The highest BCUT2D eigenvalue weighted by molar-refractivity contribution is 5.93. The first kappa shape index (κ1) is 17.0. The predicted octanol–water partition coefficient (Wildman–Crippen LogP) is 5.16. The molecule has 0 aliphatic heterocycles. The van der Waals surface area contributed by atoms with E-state index < -0.39 is 0 Å². The Morgan fingerprint density at radius 2 is 1.89 bits per heavy atom. The number of aliphatic hydroxyl groups excluding tert-OH is 1. The summed E-state index contributed by atoms with van der Waals surface area (Å²) in [6.07, 6.45) is 5.62. The minimum absolute atomic E-state index is 0.118. The smallest absolute Gasteiger partial charge is 0.141 e. The molecule has 27 heavy (non-hydrogen) atoms. The molecular weight excluding hydrogens is 338 g/mol. The van der Waals surface area contributed by atoms with Gasteiger partial charge >= 0.3 is 0 Å². The Labute approximate surface area is 157 Å². The number of allylic oxidation sites excluding steroid dienone is 1. The Kier molecular flexibility index (Phi) is 4.68. The molecule has 4 aromatic rings. The summed E-state index contributed by atoms with van der Waals surface area (Å²) in [7, 11) is 0. The highest BCUT2D eigenvalue weighted by Gasteiger charge is 2.09. The Morgan fingerprint density at radius 3 is 2.63 bits per heavy atom. The number of nitrogens with one attached hydrogen (secondary N) is 1. The van der Waals surface area contributed by atoms with Gasteiger partial charge in [0.1, 0.15) is 30.3 Å². The number of nitrogens with zero attached hydrogens (tertiary/aromatic N) is 2. The zero-order valence-corrected chi connectivity index (χ0v) is 14.9. The van der Waals surface area contributed by atoms with Gasteiger partial charge in [0.25, 0.3) is 0 Å². The van der Waals surface area contributed by atoms with Crippen LogP contribution in [0.2, 0.25) is 0 Å². The summed E-state index contributed by atoms with van der Waals surface area (Å²) in [5.74, 6) is 1.97. The van der Waals surface area contributed by atoms with Gasteiger partial charge in [-0.05, 0) is 55.0 Å². The van der Waals surface area contributed by atoms with Crippen LogP contribution in [0.15, 0.2) is 71.4 Å². The molecule has 0 fully saturated rings. The third-order valence-corrected chi connectivity index (χ3v) is 4.27. The number of fused-ring (bicyclic) bond motifs is 1. The van der Waals surface area contributed by atoms with E-state index in [1.165, 1.54) is 0 Å². The SMILES string of the molecule is C/C=C/c1ccc(Nc2ncnc3ccc(-c4ccc(CO)o4)cc23)cc1. The van der Waals surface area contributed by atoms with Crippen molar-refractivity contribution in [1.29, 1.82) is 0 Å². The topological polar surface area (TPSA) is 71.2 Å². The summed E-state index contributed by atoms with van der Waals surface area (Å²) in [6, 6.07) is 17.6. The van der Waals surface area contributed by atoms with Gasteiger partial charge in [-0.1, -0.05) is 24.3 Å². The zero-order chi connectivity index (χ0) is 18.6. The van der Waals surface area contributed by atoms with E-state index in [4.69, 9.17) is 4.42 Å². The van der Waals surface area contributed by atoms with Gasteiger partial charge in [0.15, 0.2) is 0 Å². The fraction of sp³-hybridized carbons (Fsp3) is 0.0909. The van der Waals surface area contributed by atoms with Crippen LogP contribution in [0.3, 0.4) is 0 Å². The second-order valence-corrected chi connectivity index (χ2v) is 6.13. The van der Waals surface area contributed by atoms with Crippen molar-refractivity contribution >= 4 is 28.5 Å². The van der Waals surface area contributed by atoms with Crippen molar-refractivity contribution < 1.29 is 9.52 Å². The monoisotopic (exact) mass is 357 g/mol. The molecule has 0 saturated carbocycles. The molecule has 4 rings (SSSR count). The lowest BCUT2D eigenvalue weighted by molar-refractivity contribution is 0.248. The van der Waals surface area contributed by atoms with Crippen LogP contribution >= 0.6 is 0 Å². The van der Waals surface area contributed by atoms with Gasteiger partial charge in [0.05, 0.1) is 5.52 Å². The van der Waals surface area contributed by atoms with Crippen LogP contribution in [-0.2, 0) is 6.61 Å². The van der Waals surface area contributed by atoms with Gasteiger partial charge in [-0.3, -0.25) is 0 Å². The number of furan rings is 1. The molecule has 2 aromatic carbocycles. The van der Waals surface area contributed by atoms with Gasteiger partial charge in [-0.25, -0.2) is 9.97 Å². The molecule has 0 amide bonds. The Hall–Kier alpha value is -3.44. The minimum Gasteiger partial charge on any atom is -0.459 e. The number of anilines is 2. The molecule has 2 heterocycles. The molecule has 0 saturated heterocycles. The van der Waals surface area contributed by atoms with E-state index in [9.17, 15) is 5.11 Å². The first-order valence-electron chi connectivity index (χ1n) is 8.71. The zero-order valence-electron chi connectivity index (χ0n) is 14.9. The van der Waals surface area contributed by atoms with Crippen LogP contribution < -0.4 is 5.32 Å². The Bertz CT molecular complexity index is 1100. The van der Waals surface area contributed by atoms with Crippen molar-refractivity contribution in [2.24, 2.45) is 0 Å². The third kappa shape index (κ3) is 3.59. The Balaban J connectivity index is 1.70. The summed E-state index contributed by atoms with van der Waals surface area (Å²) >= 11 is 0. The van der Waals surface area contributed by atoms with Crippen LogP contribution in [0.5, 0.6) is 0 Å². The molecule has 134 valence electrons. The van der Waals surface area contributed by atoms with Crippen LogP contribution in [0.4, 0.5) is 11.5 Å². The summed E-state index contributed by atoms with van der Waals surface area (Å²) in [4.78, 5) is 8.76. The lowest BCUT2D eigenvalue weighted by Crippen LogP contribution is -1.96. The normalized spacial score (nSPS) is 11.3. The second-order valence-electron chi connectivity index (χ2n) is 6.13. The van der Waals surface area contributed by atoms with Crippen molar-refractivity contribution in [2.75, 3.05) is 5.32 Å². The van der Waals surface area contributed by atoms with Gasteiger partial charge in [0.2, 0.25) is 0 Å². The summed E-state index contributed by atoms with van der Waals surface area (Å²) < 4.78 is 5.64. The molecule has 5 nitrogen and oxygen atoms in total. The maximum Gasteiger partial charge on any atom is 0.141 e. The number of hydrogen-bond donors (Lipinski definition) is 2. The van der Waals surface area contributed by atoms with Crippen molar-refractivity contribution in [3.63, 3.8) is 0 Å². The van der Waals surface area contributed by atoms with Gasteiger partial charge in [0, 0.05) is 16.6 Å². The molecule has 0 aliphatic rings. The largest absolute Gasteiger partial charge is 0.459 e. The molecule has 2 N–H and O–H groups in total. The van der Waals surface area contributed by atoms with Crippen LogP contribution in [0.1, 0.15) is 18.2 Å². The average Bonchev–Trinajstić information content (AvgIpc) is 3.19. The maximum absolute atomic E-state index is 9.20. The van der Waals surface area contributed by atoms with E-state index in [0.29, 0.717) is 11.5 Å². The third-order valence-electron chi connectivity index (χ3n) is 4.27. The molecule has 5 heteroatoms. The van der Waals surface area contributed by atoms with Gasteiger partial charge in [-0.15, -0.1) is 0 Å². The standard InChI is InChI=1S/C22H19N3O2/c1-2-3-15-4-7-17(8-5-15)25-22-19-12-16(6-10-20(19)23-14-24-22)21-11-9-18(13-26)27-21/h2-12,14,26H,13H2,1H3,(H,23,24,25)/b3-2+. The number of aliphatic hydroxyl groups is 1. The summed E-state index contributed by atoms with van der Waals surface area (Å²) in [5, 5.41) is 13.5. The molecular formula is C22H19N3O2. The fourth-order valence-corrected chi connectivity index (χ4v) is 2.93. The molecule has 0 radical (unpaired) electrons. The van der Waals surface area contributed by atoms with Crippen molar-refractivity contribution in [3.05, 3.63) is 78.3 Å². The molecule has 0 bridgehead atoms. The molecule has 0 aliphatic carbocycles. The molecule has 2 aromatic heterocycles. The fourth-order valence-electron chi connectivity index (χ4n) is 2.93. The van der Waals surface area contributed by atoms with Crippen LogP contribution in [0, 0.1) is 0 Å². The van der Waals surface area contributed by atoms with Crippen LogP contribution in [0.25, 0.3) is 28.3 Å². The lowest BCUT2D eigenvalue weighted by Gasteiger charge is -2.09. The molecule has 0 spiro atoms. The number of benzene rings is 2. The van der Waals surface area contributed by atoms with Crippen molar-refractivity contribution in [1.82, 2.24) is 9.97 Å². The van der Waals surface area contributed by atoms with Gasteiger partial charge < -0.3 is 14.8 Å². The van der Waals surface area contributed by atoms with E-state index >= 15 is 0 Å². The summed E-state index contributed by atoms with van der Waals surface area (Å²) in [6.45, 7) is 1.88. The van der Waals surface area contributed by atoms with E-state index in [1.807, 2.05) is 49.4 Å². The van der Waals surface area contributed by atoms with E-state index in [2.05, 4.69) is 33.5 Å². The lowest BCUT2D eigenvalue weighted by atomic mass is 10.1. The molecule has 0 unspecified atom stereocenters. The number of hydrogen-bond acceptors (Lipinski definition) is 5. The van der Waals surface area contributed by atoms with Crippen LogP contribution in [-0.4, -0.2) is 15.1 Å². The Morgan fingerprint density at radius 1 is 1.04 bits per heavy atom.